The van der Waals surface area contributed by atoms with E-state index in [0.29, 0.717) is 26.9 Å². The fourth-order valence-electron chi connectivity index (χ4n) is 3.54. The Bertz CT molecular complexity index is 1310. The van der Waals surface area contributed by atoms with E-state index >= 15 is 0 Å². The summed E-state index contributed by atoms with van der Waals surface area (Å²) >= 11 is 12.2. The third-order valence-corrected chi connectivity index (χ3v) is 5.58. The van der Waals surface area contributed by atoms with Crippen LogP contribution in [0.1, 0.15) is 22.8 Å². The van der Waals surface area contributed by atoms with Gasteiger partial charge in [0.1, 0.15) is 6.61 Å². The molecule has 0 bridgehead atoms. The molecule has 0 atom stereocenters. The summed E-state index contributed by atoms with van der Waals surface area (Å²) in [4.78, 5) is 33.7. The molecule has 2 aromatic carbocycles. The monoisotopic (exact) mass is 456 g/mol. The Kier molecular flexibility index (Phi) is 5.82. The predicted molar refractivity (Wildman–Crippen MR) is 121 cm³/mol. The van der Waals surface area contributed by atoms with Gasteiger partial charge in [0.2, 0.25) is 5.91 Å². The second-order valence-corrected chi connectivity index (χ2v) is 7.79. The van der Waals surface area contributed by atoms with Gasteiger partial charge in [0.25, 0.3) is 5.91 Å². The van der Waals surface area contributed by atoms with Crippen molar-refractivity contribution in [3.63, 3.8) is 0 Å². The van der Waals surface area contributed by atoms with E-state index in [1.165, 1.54) is 19.3 Å². The van der Waals surface area contributed by atoms with Gasteiger partial charge in [-0.15, -0.1) is 0 Å². The molecule has 0 aliphatic heterocycles. The number of nitrogens with one attached hydrogen (secondary N) is 2. The second kappa shape index (κ2) is 8.55. The van der Waals surface area contributed by atoms with Crippen LogP contribution >= 0.6 is 23.2 Å². The molecular weight excluding hydrogens is 439 g/mol. The molecule has 0 saturated carbocycles. The Balaban J connectivity index is 1.67. The molecule has 9 heteroatoms. The SMILES string of the molecule is CC(=O)Nc1ccc2c(c1)c1c(C(=O)NOCc3c(Cl)cncc3Cl)cccc1n2C. The molecule has 7 nitrogen and oxygen atoms in total. The summed E-state index contributed by atoms with van der Waals surface area (Å²) in [5.74, 6) is -0.580. The van der Waals surface area contributed by atoms with Gasteiger partial charge in [-0.2, -0.15) is 0 Å². The van der Waals surface area contributed by atoms with Crippen molar-refractivity contribution in [2.24, 2.45) is 7.05 Å². The highest BCUT2D eigenvalue weighted by molar-refractivity contribution is 6.35. The third-order valence-electron chi connectivity index (χ3n) is 4.93. The molecule has 0 spiro atoms. The van der Waals surface area contributed by atoms with E-state index in [1.807, 2.05) is 41.9 Å². The quantitative estimate of drug-likeness (QED) is 0.420. The largest absolute Gasteiger partial charge is 0.344 e. The number of aromatic nitrogens is 2. The number of carbonyl (C=O) groups excluding carboxylic acids is 2. The first kappa shape index (κ1) is 21.1. The van der Waals surface area contributed by atoms with Crippen LogP contribution in [-0.2, 0) is 23.3 Å². The van der Waals surface area contributed by atoms with E-state index in [1.54, 1.807) is 6.07 Å². The number of anilines is 1. The summed E-state index contributed by atoms with van der Waals surface area (Å²) in [5, 5.41) is 5.08. The summed E-state index contributed by atoms with van der Waals surface area (Å²) in [6.45, 7) is 1.44. The van der Waals surface area contributed by atoms with Crippen molar-refractivity contribution in [1.29, 1.82) is 0 Å². The first-order valence-electron chi connectivity index (χ1n) is 9.35. The number of fused-ring (bicyclic) bond motifs is 3. The fourth-order valence-corrected chi connectivity index (χ4v) is 4.01. The van der Waals surface area contributed by atoms with Crippen molar-refractivity contribution >= 4 is 62.5 Å². The summed E-state index contributed by atoms with van der Waals surface area (Å²) in [7, 11) is 1.92. The molecule has 0 aliphatic carbocycles. The second-order valence-electron chi connectivity index (χ2n) is 6.97. The molecule has 4 aromatic rings. The molecule has 4 rings (SSSR count). The minimum absolute atomic E-state index is 0.00980. The standard InChI is InChI=1S/C22H18Cl2N4O3/c1-12(29)26-13-6-7-19-15(8-13)21-14(4-3-5-20(21)28(19)2)22(30)27-31-11-16-17(23)9-25-10-18(16)24/h3-10H,11H2,1-2H3,(H,26,29)(H,27,30). The lowest BCUT2D eigenvalue weighted by Crippen LogP contribution is -2.24. The van der Waals surface area contributed by atoms with Crippen LogP contribution < -0.4 is 10.8 Å². The molecule has 0 radical (unpaired) electrons. The third kappa shape index (κ3) is 4.07. The fraction of sp³-hybridized carbons (Fsp3) is 0.136. The number of benzene rings is 2. The molecule has 2 N–H and O–H groups in total. The maximum atomic E-state index is 12.9. The average Bonchev–Trinajstić information content (AvgIpc) is 3.01. The van der Waals surface area contributed by atoms with Gasteiger partial charge < -0.3 is 9.88 Å². The van der Waals surface area contributed by atoms with Gasteiger partial charge in [-0.25, -0.2) is 5.48 Å². The Morgan fingerprint density at radius 2 is 1.84 bits per heavy atom. The van der Waals surface area contributed by atoms with Gasteiger partial charge in [-0.1, -0.05) is 29.3 Å². The molecule has 2 heterocycles. The highest BCUT2D eigenvalue weighted by atomic mass is 35.5. The lowest BCUT2D eigenvalue weighted by molar-refractivity contribution is -0.114. The Morgan fingerprint density at radius 3 is 2.55 bits per heavy atom. The van der Waals surface area contributed by atoms with Crippen molar-refractivity contribution in [3.8, 4) is 0 Å². The van der Waals surface area contributed by atoms with Crippen LogP contribution in [0.5, 0.6) is 0 Å². The van der Waals surface area contributed by atoms with E-state index < -0.39 is 5.91 Å². The van der Waals surface area contributed by atoms with Crippen LogP contribution in [0.2, 0.25) is 10.0 Å². The number of pyridine rings is 1. The number of aryl methyl sites for hydroxylation is 1. The Hall–Kier alpha value is -3.13. The average molecular weight is 457 g/mol. The first-order chi connectivity index (χ1) is 14.9. The first-order valence-corrected chi connectivity index (χ1v) is 10.1. The lowest BCUT2D eigenvalue weighted by Gasteiger charge is -2.09. The number of hydrogen-bond donors (Lipinski definition) is 2. The topological polar surface area (TPSA) is 85.2 Å². The van der Waals surface area contributed by atoms with E-state index in [2.05, 4.69) is 15.8 Å². The van der Waals surface area contributed by atoms with Crippen LogP contribution in [0.15, 0.2) is 48.8 Å². The number of halogens is 2. The number of rotatable bonds is 5. The molecular formula is C22H18Cl2N4O3. The zero-order valence-electron chi connectivity index (χ0n) is 16.7. The van der Waals surface area contributed by atoms with Crippen molar-refractivity contribution in [1.82, 2.24) is 15.0 Å². The summed E-state index contributed by atoms with van der Waals surface area (Å²) in [5.41, 5.74) is 5.89. The number of amides is 2. The molecule has 0 fully saturated rings. The molecule has 2 amide bonds. The van der Waals surface area contributed by atoms with Crippen LogP contribution in [0, 0.1) is 0 Å². The molecule has 0 aliphatic rings. The van der Waals surface area contributed by atoms with Crippen LogP contribution in [-0.4, -0.2) is 21.4 Å². The number of nitrogens with zero attached hydrogens (tertiary/aromatic N) is 2. The van der Waals surface area contributed by atoms with Gasteiger partial charge in [0, 0.05) is 59.4 Å². The minimum atomic E-state index is -0.413. The van der Waals surface area contributed by atoms with E-state index in [0.717, 1.165) is 21.8 Å². The minimum Gasteiger partial charge on any atom is -0.344 e. The van der Waals surface area contributed by atoms with E-state index in [-0.39, 0.29) is 12.5 Å². The lowest BCUT2D eigenvalue weighted by atomic mass is 10.1. The highest BCUT2D eigenvalue weighted by Crippen LogP contribution is 2.33. The molecule has 158 valence electrons. The smallest absolute Gasteiger partial charge is 0.275 e. The van der Waals surface area contributed by atoms with E-state index in [9.17, 15) is 9.59 Å². The van der Waals surface area contributed by atoms with Crippen LogP contribution in [0.3, 0.4) is 0 Å². The summed E-state index contributed by atoms with van der Waals surface area (Å²) < 4.78 is 2.00. The summed E-state index contributed by atoms with van der Waals surface area (Å²) in [6.07, 6.45) is 2.91. The molecule has 0 unspecified atom stereocenters. The predicted octanol–water partition coefficient (Wildman–Crippen LogP) is 4.85. The van der Waals surface area contributed by atoms with Crippen molar-refractivity contribution in [2.75, 3.05) is 5.32 Å². The normalized spacial score (nSPS) is 11.1. The van der Waals surface area contributed by atoms with Gasteiger partial charge >= 0.3 is 0 Å². The molecule has 31 heavy (non-hydrogen) atoms. The van der Waals surface area contributed by atoms with Crippen LogP contribution in [0.4, 0.5) is 5.69 Å². The maximum absolute atomic E-state index is 12.9. The van der Waals surface area contributed by atoms with Gasteiger partial charge in [-0.05, 0) is 30.3 Å². The van der Waals surface area contributed by atoms with Crippen molar-refractivity contribution in [2.45, 2.75) is 13.5 Å². The Morgan fingerprint density at radius 1 is 1.10 bits per heavy atom. The number of hydrogen-bond acceptors (Lipinski definition) is 4. The molecule has 0 saturated heterocycles. The number of hydroxylamine groups is 1. The van der Waals surface area contributed by atoms with Gasteiger partial charge in [-0.3, -0.25) is 19.4 Å². The molecule has 2 aromatic heterocycles. The highest BCUT2D eigenvalue weighted by Gasteiger charge is 2.17. The van der Waals surface area contributed by atoms with E-state index in [4.69, 9.17) is 28.0 Å². The summed E-state index contributed by atoms with van der Waals surface area (Å²) in [6, 6.07) is 11.0. The van der Waals surface area contributed by atoms with Crippen molar-refractivity contribution < 1.29 is 14.4 Å². The van der Waals surface area contributed by atoms with Crippen molar-refractivity contribution in [3.05, 3.63) is 70.0 Å². The zero-order valence-corrected chi connectivity index (χ0v) is 18.2. The number of carbonyl (C=O) groups is 2. The van der Waals surface area contributed by atoms with Crippen LogP contribution in [0.25, 0.3) is 21.8 Å². The maximum Gasteiger partial charge on any atom is 0.275 e. The zero-order chi connectivity index (χ0) is 22.1. The van der Waals surface area contributed by atoms with Gasteiger partial charge in [0.05, 0.1) is 15.6 Å². The Labute approximate surface area is 187 Å². The van der Waals surface area contributed by atoms with Gasteiger partial charge in [0.15, 0.2) is 0 Å².